The molecule has 98 valence electrons. The highest BCUT2D eigenvalue weighted by Crippen LogP contribution is 2.26. The number of aliphatic hydroxyl groups excluding tert-OH is 1. The molecule has 1 heterocycles. The third-order valence-corrected chi connectivity index (χ3v) is 4.15. The number of aliphatic hydroxyl groups is 1. The van der Waals surface area contributed by atoms with Gasteiger partial charge in [-0.05, 0) is 31.6 Å². The lowest BCUT2D eigenvalue weighted by Gasteiger charge is -2.34. The largest absolute Gasteiger partial charge is 0.396 e. The molecule has 2 aliphatic rings. The van der Waals surface area contributed by atoms with E-state index in [9.17, 15) is 9.90 Å². The second-order valence-electron chi connectivity index (χ2n) is 5.25. The van der Waals surface area contributed by atoms with E-state index < -0.39 is 0 Å². The van der Waals surface area contributed by atoms with Crippen LogP contribution in [0.2, 0.25) is 0 Å². The maximum Gasteiger partial charge on any atom is 0.314 e. The maximum atomic E-state index is 11.0. The summed E-state index contributed by atoms with van der Waals surface area (Å²) in [6.07, 6.45) is 5.45. The van der Waals surface area contributed by atoms with E-state index in [-0.39, 0.29) is 12.6 Å². The average molecular weight is 241 g/mol. The summed E-state index contributed by atoms with van der Waals surface area (Å²) in [5.74, 6) is 0.421. The summed E-state index contributed by atoms with van der Waals surface area (Å²) in [5, 5.41) is 12.9. The van der Waals surface area contributed by atoms with E-state index in [4.69, 9.17) is 5.73 Å². The van der Waals surface area contributed by atoms with Gasteiger partial charge in [-0.15, -0.1) is 0 Å². The Morgan fingerprint density at radius 1 is 1.29 bits per heavy atom. The van der Waals surface area contributed by atoms with Crippen LogP contribution in [0.5, 0.6) is 0 Å². The first kappa shape index (κ1) is 12.6. The number of hydrogen-bond acceptors (Lipinski definition) is 3. The molecule has 1 saturated carbocycles. The van der Waals surface area contributed by atoms with E-state index in [1.165, 1.54) is 12.8 Å². The van der Waals surface area contributed by atoms with Crippen molar-refractivity contribution in [2.45, 2.75) is 44.2 Å². The molecule has 1 saturated heterocycles. The SMILES string of the molecule is NC(=O)N1CCC(NC2CCCC2CO)CC1. The molecule has 2 rings (SSSR count). The molecular weight excluding hydrogens is 218 g/mol. The van der Waals surface area contributed by atoms with Gasteiger partial charge in [-0.25, -0.2) is 4.79 Å². The quantitative estimate of drug-likeness (QED) is 0.664. The van der Waals surface area contributed by atoms with Crippen molar-refractivity contribution in [2.75, 3.05) is 19.7 Å². The molecule has 0 spiro atoms. The van der Waals surface area contributed by atoms with E-state index in [0.29, 0.717) is 18.0 Å². The summed E-state index contributed by atoms with van der Waals surface area (Å²) in [6.45, 7) is 1.80. The molecule has 2 fully saturated rings. The minimum absolute atomic E-state index is 0.289. The summed E-state index contributed by atoms with van der Waals surface area (Å²) >= 11 is 0. The number of carbonyl (C=O) groups is 1. The molecule has 0 radical (unpaired) electrons. The Kier molecular flexibility index (Phi) is 4.23. The van der Waals surface area contributed by atoms with E-state index in [1.54, 1.807) is 4.90 Å². The van der Waals surface area contributed by atoms with Gasteiger partial charge in [0, 0.05) is 31.8 Å². The van der Waals surface area contributed by atoms with Gasteiger partial charge in [0.1, 0.15) is 0 Å². The van der Waals surface area contributed by atoms with Crippen LogP contribution in [0.15, 0.2) is 0 Å². The summed E-state index contributed by atoms with van der Waals surface area (Å²) < 4.78 is 0. The Morgan fingerprint density at radius 2 is 2.00 bits per heavy atom. The number of nitrogens with zero attached hydrogens (tertiary/aromatic N) is 1. The zero-order chi connectivity index (χ0) is 12.3. The van der Waals surface area contributed by atoms with Crippen LogP contribution < -0.4 is 11.1 Å². The normalized spacial score (nSPS) is 30.8. The van der Waals surface area contributed by atoms with Gasteiger partial charge in [-0.1, -0.05) is 6.42 Å². The van der Waals surface area contributed by atoms with Crippen molar-refractivity contribution in [3.8, 4) is 0 Å². The number of hydrogen-bond donors (Lipinski definition) is 3. The van der Waals surface area contributed by atoms with Crippen molar-refractivity contribution >= 4 is 6.03 Å². The van der Waals surface area contributed by atoms with Crippen molar-refractivity contribution in [1.29, 1.82) is 0 Å². The van der Waals surface area contributed by atoms with Gasteiger partial charge in [0.05, 0.1) is 0 Å². The van der Waals surface area contributed by atoms with Crippen molar-refractivity contribution in [1.82, 2.24) is 10.2 Å². The number of rotatable bonds is 3. The fraction of sp³-hybridized carbons (Fsp3) is 0.917. The number of primary amides is 1. The molecule has 4 N–H and O–H groups in total. The molecule has 1 aliphatic carbocycles. The van der Waals surface area contributed by atoms with Crippen molar-refractivity contribution in [2.24, 2.45) is 11.7 Å². The average Bonchev–Trinajstić information content (AvgIpc) is 2.77. The van der Waals surface area contributed by atoms with E-state index in [2.05, 4.69) is 5.32 Å². The molecule has 0 bridgehead atoms. The predicted molar refractivity (Wildman–Crippen MR) is 65.5 cm³/mol. The fourth-order valence-corrected chi connectivity index (χ4v) is 3.04. The predicted octanol–water partition coefficient (Wildman–Crippen LogP) is 0.280. The van der Waals surface area contributed by atoms with Crippen LogP contribution in [0.25, 0.3) is 0 Å². The number of nitrogens with one attached hydrogen (secondary N) is 1. The molecule has 5 nitrogen and oxygen atoms in total. The Labute approximate surface area is 102 Å². The maximum absolute atomic E-state index is 11.0. The standard InChI is InChI=1S/C12H23N3O2/c13-12(17)15-6-4-10(5-7-15)14-11-3-1-2-9(11)8-16/h9-11,14,16H,1-8H2,(H2,13,17). The van der Waals surface area contributed by atoms with Gasteiger partial charge >= 0.3 is 6.03 Å². The summed E-state index contributed by atoms with van der Waals surface area (Å²) in [7, 11) is 0. The molecule has 5 heteroatoms. The minimum atomic E-state index is -0.308. The number of urea groups is 1. The highest BCUT2D eigenvalue weighted by molar-refractivity contribution is 5.72. The van der Waals surface area contributed by atoms with Gasteiger partial charge in [-0.3, -0.25) is 0 Å². The minimum Gasteiger partial charge on any atom is -0.396 e. The number of likely N-dealkylation sites (tertiary alicyclic amines) is 1. The molecule has 2 unspecified atom stereocenters. The van der Waals surface area contributed by atoms with Gasteiger partial charge in [0.15, 0.2) is 0 Å². The van der Waals surface area contributed by atoms with Crippen molar-refractivity contribution < 1.29 is 9.90 Å². The van der Waals surface area contributed by atoms with Gasteiger partial charge in [-0.2, -0.15) is 0 Å². The highest BCUT2D eigenvalue weighted by Gasteiger charge is 2.30. The van der Waals surface area contributed by atoms with Crippen molar-refractivity contribution in [3.63, 3.8) is 0 Å². The van der Waals surface area contributed by atoms with E-state index in [0.717, 1.165) is 32.4 Å². The number of amides is 2. The zero-order valence-electron chi connectivity index (χ0n) is 10.3. The molecule has 1 aliphatic heterocycles. The van der Waals surface area contributed by atoms with Crippen LogP contribution in [0.1, 0.15) is 32.1 Å². The first-order chi connectivity index (χ1) is 8.20. The lowest BCUT2D eigenvalue weighted by Crippen LogP contribution is -2.50. The highest BCUT2D eigenvalue weighted by atomic mass is 16.3. The third-order valence-electron chi connectivity index (χ3n) is 4.15. The third kappa shape index (κ3) is 3.10. The lowest BCUT2D eigenvalue weighted by atomic mass is 10.00. The number of piperidine rings is 1. The Bertz CT molecular complexity index is 264. The summed E-state index contributed by atoms with van der Waals surface area (Å²) in [6, 6.07) is 0.630. The smallest absolute Gasteiger partial charge is 0.314 e. The van der Waals surface area contributed by atoms with Crippen LogP contribution in [0.3, 0.4) is 0 Å². The van der Waals surface area contributed by atoms with Crippen LogP contribution in [0, 0.1) is 5.92 Å². The molecule has 0 aromatic heterocycles. The first-order valence-corrected chi connectivity index (χ1v) is 6.62. The number of carbonyl (C=O) groups excluding carboxylic acids is 1. The first-order valence-electron chi connectivity index (χ1n) is 6.62. The molecule has 17 heavy (non-hydrogen) atoms. The van der Waals surface area contributed by atoms with Crippen LogP contribution in [0.4, 0.5) is 4.79 Å². The zero-order valence-corrected chi connectivity index (χ0v) is 10.3. The topological polar surface area (TPSA) is 78.6 Å². The van der Waals surface area contributed by atoms with Crippen LogP contribution in [-0.2, 0) is 0 Å². The Balaban J connectivity index is 1.76. The molecular formula is C12H23N3O2. The second kappa shape index (κ2) is 5.69. The fourth-order valence-electron chi connectivity index (χ4n) is 3.04. The van der Waals surface area contributed by atoms with Gasteiger partial charge in [0.25, 0.3) is 0 Å². The Hall–Kier alpha value is -0.810. The van der Waals surface area contributed by atoms with Gasteiger partial charge < -0.3 is 21.1 Å². The molecule has 2 atom stereocenters. The van der Waals surface area contributed by atoms with E-state index >= 15 is 0 Å². The molecule has 0 aromatic rings. The monoisotopic (exact) mass is 241 g/mol. The van der Waals surface area contributed by atoms with Crippen molar-refractivity contribution in [3.05, 3.63) is 0 Å². The van der Waals surface area contributed by atoms with Gasteiger partial charge in [0.2, 0.25) is 0 Å². The second-order valence-corrected chi connectivity index (χ2v) is 5.25. The molecule has 0 aromatic carbocycles. The lowest BCUT2D eigenvalue weighted by molar-refractivity contribution is 0.167. The number of nitrogens with two attached hydrogens (primary N) is 1. The summed E-state index contributed by atoms with van der Waals surface area (Å²) in [4.78, 5) is 12.7. The van der Waals surface area contributed by atoms with Crippen LogP contribution >= 0.6 is 0 Å². The Morgan fingerprint density at radius 3 is 2.59 bits per heavy atom. The van der Waals surface area contributed by atoms with Crippen LogP contribution in [-0.4, -0.2) is 47.8 Å². The molecule has 2 amide bonds. The summed E-state index contributed by atoms with van der Waals surface area (Å²) in [5.41, 5.74) is 5.25. The van der Waals surface area contributed by atoms with E-state index in [1.807, 2.05) is 0 Å².